The zero-order valence-electron chi connectivity index (χ0n) is 12.7. The molecule has 112 valence electrons. The molecule has 0 aliphatic heterocycles. The monoisotopic (exact) mass is 338 g/mol. The van der Waals surface area contributed by atoms with Crippen molar-refractivity contribution in [1.82, 2.24) is 4.90 Å². The number of rotatable bonds is 5. The summed E-state index contributed by atoms with van der Waals surface area (Å²) in [6, 6.07) is 8.96. The van der Waals surface area contributed by atoms with Crippen LogP contribution in [0, 0.1) is 11.8 Å². The van der Waals surface area contributed by atoms with E-state index in [2.05, 4.69) is 59.1 Å². The molecule has 2 rings (SSSR count). The molecule has 3 atom stereocenters. The Morgan fingerprint density at radius 3 is 2.85 bits per heavy atom. The van der Waals surface area contributed by atoms with Crippen LogP contribution in [0.2, 0.25) is 0 Å². The van der Waals surface area contributed by atoms with Gasteiger partial charge in [-0.05, 0) is 55.8 Å². The maximum Gasteiger partial charge on any atom is 0.0231 e. The van der Waals surface area contributed by atoms with Gasteiger partial charge in [-0.15, -0.1) is 0 Å². The minimum atomic E-state index is 0.391. The second kappa shape index (κ2) is 7.58. The molecule has 3 unspecified atom stereocenters. The van der Waals surface area contributed by atoms with E-state index in [1.807, 2.05) is 0 Å². The molecule has 1 aliphatic rings. The summed E-state index contributed by atoms with van der Waals surface area (Å²) in [5.41, 5.74) is 7.69. The van der Waals surface area contributed by atoms with Crippen LogP contribution in [0.3, 0.4) is 0 Å². The Bertz CT molecular complexity index is 421. The molecule has 1 aliphatic carbocycles. The first-order valence-electron chi connectivity index (χ1n) is 7.77. The lowest BCUT2D eigenvalue weighted by Gasteiger charge is -2.36. The van der Waals surface area contributed by atoms with E-state index in [9.17, 15) is 0 Å². The molecule has 0 spiro atoms. The third-order valence-corrected chi connectivity index (χ3v) is 5.11. The zero-order valence-corrected chi connectivity index (χ0v) is 14.3. The second-order valence-corrected chi connectivity index (χ2v) is 7.25. The molecule has 2 nitrogen and oxygen atoms in total. The SMILES string of the molecule is CCC1CCC(N)C(CN(C)Cc2cccc(Br)c2)C1. The fourth-order valence-electron chi connectivity index (χ4n) is 3.38. The van der Waals surface area contributed by atoms with Crippen LogP contribution in [-0.2, 0) is 6.54 Å². The molecule has 20 heavy (non-hydrogen) atoms. The summed E-state index contributed by atoms with van der Waals surface area (Å²) in [4.78, 5) is 2.42. The van der Waals surface area contributed by atoms with Crippen LogP contribution in [0.4, 0.5) is 0 Å². The third-order valence-electron chi connectivity index (χ3n) is 4.61. The fraction of sp³-hybridized carbons (Fsp3) is 0.647. The topological polar surface area (TPSA) is 29.3 Å². The summed E-state index contributed by atoms with van der Waals surface area (Å²) in [5.74, 6) is 1.55. The first-order valence-corrected chi connectivity index (χ1v) is 8.56. The Kier molecular flexibility index (Phi) is 6.06. The molecule has 1 aromatic carbocycles. The molecule has 0 saturated heterocycles. The Labute approximate surface area is 131 Å². The van der Waals surface area contributed by atoms with Gasteiger partial charge in [0.2, 0.25) is 0 Å². The zero-order chi connectivity index (χ0) is 14.5. The molecule has 0 bridgehead atoms. The minimum absolute atomic E-state index is 0.391. The fourth-order valence-corrected chi connectivity index (χ4v) is 3.82. The van der Waals surface area contributed by atoms with Gasteiger partial charge in [-0.2, -0.15) is 0 Å². The van der Waals surface area contributed by atoms with Gasteiger partial charge < -0.3 is 10.6 Å². The second-order valence-electron chi connectivity index (χ2n) is 6.34. The molecule has 0 heterocycles. The van der Waals surface area contributed by atoms with Crippen molar-refractivity contribution in [3.8, 4) is 0 Å². The maximum atomic E-state index is 6.33. The van der Waals surface area contributed by atoms with Crippen molar-refractivity contribution in [3.63, 3.8) is 0 Å². The summed E-state index contributed by atoms with van der Waals surface area (Å²) in [6.07, 6.45) is 5.14. The Morgan fingerprint density at radius 1 is 1.35 bits per heavy atom. The van der Waals surface area contributed by atoms with Gasteiger partial charge in [0, 0.05) is 23.6 Å². The van der Waals surface area contributed by atoms with Gasteiger partial charge in [-0.3, -0.25) is 0 Å². The Balaban J connectivity index is 1.88. The molecular formula is C17H27BrN2. The van der Waals surface area contributed by atoms with Crippen LogP contribution in [-0.4, -0.2) is 24.5 Å². The molecule has 0 amide bonds. The molecule has 1 fully saturated rings. The lowest BCUT2D eigenvalue weighted by Crippen LogP contribution is -2.42. The van der Waals surface area contributed by atoms with E-state index in [4.69, 9.17) is 5.73 Å². The van der Waals surface area contributed by atoms with E-state index in [0.29, 0.717) is 12.0 Å². The predicted octanol–water partition coefficient (Wildman–Crippen LogP) is 4.03. The molecule has 1 saturated carbocycles. The summed E-state index contributed by atoms with van der Waals surface area (Å²) >= 11 is 3.54. The number of hydrogen-bond donors (Lipinski definition) is 1. The van der Waals surface area contributed by atoms with Crippen molar-refractivity contribution in [3.05, 3.63) is 34.3 Å². The van der Waals surface area contributed by atoms with Crippen LogP contribution in [0.5, 0.6) is 0 Å². The van der Waals surface area contributed by atoms with E-state index in [1.165, 1.54) is 31.2 Å². The summed E-state index contributed by atoms with van der Waals surface area (Å²) in [5, 5.41) is 0. The highest BCUT2D eigenvalue weighted by molar-refractivity contribution is 9.10. The number of nitrogens with zero attached hydrogens (tertiary/aromatic N) is 1. The molecule has 0 radical (unpaired) electrons. The van der Waals surface area contributed by atoms with Gasteiger partial charge in [-0.1, -0.05) is 41.4 Å². The van der Waals surface area contributed by atoms with Crippen molar-refractivity contribution in [1.29, 1.82) is 0 Å². The summed E-state index contributed by atoms with van der Waals surface area (Å²) in [6.45, 7) is 4.42. The highest BCUT2D eigenvalue weighted by Gasteiger charge is 2.27. The average molecular weight is 339 g/mol. The van der Waals surface area contributed by atoms with Crippen LogP contribution in [0.25, 0.3) is 0 Å². The number of nitrogens with two attached hydrogens (primary N) is 1. The molecule has 0 aromatic heterocycles. The van der Waals surface area contributed by atoms with Gasteiger partial charge in [-0.25, -0.2) is 0 Å². The van der Waals surface area contributed by atoms with Crippen molar-refractivity contribution >= 4 is 15.9 Å². The maximum absolute atomic E-state index is 6.33. The van der Waals surface area contributed by atoms with Crippen LogP contribution < -0.4 is 5.73 Å². The van der Waals surface area contributed by atoms with Gasteiger partial charge in [0.1, 0.15) is 0 Å². The summed E-state index contributed by atoms with van der Waals surface area (Å²) < 4.78 is 1.16. The standard InChI is InChI=1S/C17H27BrN2/c1-3-13-7-8-17(19)15(9-13)12-20(2)11-14-5-4-6-16(18)10-14/h4-6,10,13,15,17H,3,7-9,11-12,19H2,1-2H3. The number of hydrogen-bond acceptors (Lipinski definition) is 2. The molecule has 2 N–H and O–H groups in total. The van der Waals surface area contributed by atoms with Crippen LogP contribution in [0.1, 0.15) is 38.2 Å². The first kappa shape index (κ1) is 16.0. The Morgan fingerprint density at radius 2 is 2.15 bits per heavy atom. The third kappa shape index (κ3) is 4.57. The van der Waals surface area contributed by atoms with E-state index < -0.39 is 0 Å². The largest absolute Gasteiger partial charge is 0.327 e. The van der Waals surface area contributed by atoms with Gasteiger partial charge >= 0.3 is 0 Å². The molecule has 3 heteroatoms. The average Bonchev–Trinajstić information content (AvgIpc) is 2.41. The van der Waals surface area contributed by atoms with E-state index >= 15 is 0 Å². The van der Waals surface area contributed by atoms with Crippen LogP contribution >= 0.6 is 15.9 Å². The van der Waals surface area contributed by atoms with Crippen molar-refractivity contribution in [2.24, 2.45) is 17.6 Å². The van der Waals surface area contributed by atoms with Crippen LogP contribution in [0.15, 0.2) is 28.7 Å². The van der Waals surface area contributed by atoms with E-state index in [-0.39, 0.29) is 0 Å². The van der Waals surface area contributed by atoms with Gasteiger partial charge in [0.25, 0.3) is 0 Å². The Hall–Kier alpha value is -0.380. The van der Waals surface area contributed by atoms with Gasteiger partial charge in [0.05, 0.1) is 0 Å². The van der Waals surface area contributed by atoms with Gasteiger partial charge in [0.15, 0.2) is 0 Å². The van der Waals surface area contributed by atoms with Crippen molar-refractivity contribution in [2.75, 3.05) is 13.6 Å². The highest BCUT2D eigenvalue weighted by Crippen LogP contribution is 2.31. The lowest BCUT2D eigenvalue weighted by molar-refractivity contribution is 0.168. The smallest absolute Gasteiger partial charge is 0.0231 e. The van der Waals surface area contributed by atoms with Crippen molar-refractivity contribution in [2.45, 2.75) is 45.2 Å². The lowest BCUT2D eigenvalue weighted by atomic mass is 9.77. The number of halogens is 1. The summed E-state index contributed by atoms with van der Waals surface area (Å²) in [7, 11) is 2.21. The van der Waals surface area contributed by atoms with E-state index in [0.717, 1.165) is 23.5 Å². The molecular weight excluding hydrogens is 312 g/mol. The normalized spacial score (nSPS) is 26.9. The number of benzene rings is 1. The highest BCUT2D eigenvalue weighted by atomic mass is 79.9. The minimum Gasteiger partial charge on any atom is -0.327 e. The quantitative estimate of drug-likeness (QED) is 0.877. The first-order chi connectivity index (χ1) is 9.58. The van der Waals surface area contributed by atoms with Crippen molar-refractivity contribution < 1.29 is 0 Å². The van der Waals surface area contributed by atoms with E-state index in [1.54, 1.807) is 0 Å². The molecule has 1 aromatic rings. The predicted molar refractivity (Wildman–Crippen MR) is 89.6 cm³/mol.